The number of fused-ring (bicyclic) bond motifs is 1. The molecule has 140 valence electrons. The Kier molecular flexibility index (Phi) is 4.09. The van der Waals surface area contributed by atoms with E-state index in [4.69, 9.17) is 0 Å². The van der Waals surface area contributed by atoms with Gasteiger partial charge in [0.05, 0.1) is 18.4 Å². The Hall–Kier alpha value is -2.97. The van der Waals surface area contributed by atoms with E-state index < -0.39 is 23.7 Å². The zero-order valence-corrected chi connectivity index (χ0v) is 14.1. The van der Waals surface area contributed by atoms with Crippen molar-refractivity contribution in [3.05, 3.63) is 53.7 Å². The second-order valence-corrected chi connectivity index (χ2v) is 6.64. The molecule has 0 radical (unpaired) electrons. The van der Waals surface area contributed by atoms with Gasteiger partial charge < -0.3 is 4.90 Å². The number of benzene rings is 1. The standard InChI is InChI=1S/C18H15F3N4O2/c19-18(20,21)14-6-7-15(23-22-14)24-9-12-13(10-24)17(27)25(16(12)26)8-11-4-2-1-3-5-11/h1-7,12-13H,8-10H2. The smallest absolute Gasteiger partial charge is 0.353 e. The lowest BCUT2D eigenvalue weighted by molar-refractivity contribution is -0.142. The molecule has 2 saturated heterocycles. The molecule has 0 aliphatic carbocycles. The predicted octanol–water partition coefficient (Wildman–Crippen LogP) is 2.12. The van der Waals surface area contributed by atoms with Crippen molar-refractivity contribution >= 4 is 17.6 Å². The number of imide groups is 1. The van der Waals surface area contributed by atoms with Gasteiger partial charge >= 0.3 is 6.18 Å². The van der Waals surface area contributed by atoms with Crippen molar-refractivity contribution in [3.8, 4) is 0 Å². The molecule has 4 rings (SSSR count). The summed E-state index contributed by atoms with van der Waals surface area (Å²) in [5, 5.41) is 6.81. The fourth-order valence-corrected chi connectivity index (χ4v) is 3.57. The predicted molar refractivity (Wildman–Crippen MR) is 88.2 cm³/mol. The fraction of sp³-hybridized carbons (Fsp3) is 0.333. The lowest BCUT2D eigenvalue weighted by atomic mass is 10.00. The van der Waals surface area contributed by atoms with E-state index in [0.717, 1.165) is 11.6 Å². The van der Waals surface area contributed by atoms with Crippen LogP contribution in [0.5, 0.6) is 0 Å². The SMILES string of the molecule is O=C1C2CN(c3ccc(C(F)(F)F)nn3)CC2C(=O)N1Cc1ccccc1. The van der Waals surface area contributed by atoms with Gasteiger partial charge in [-0.3, -0.25) is 14.5 Å². The molecule has 2 fully saturated rings. The molecule has 9 heteroatoms. The van der Waals surface area contributed by atoms with E-state index in [9.17, 15) is 22.8 Å². The van der Waals surface area contributed by atoms with E-state index in [1.807, 2.05) is 30.3 Å². The summed E-state index contributed by atoms with van der Waals surface area (Å²) >= 11 is 0. The van der Waals surface area contributed by atoms with Gasteiger partial charge in [-0.25, -0.2) is 0 Å². The fourth-order valence-electron chi connectivity index (χ4n) is 3.57. The topological polar surface area (TPSA) is 66.4 Å². The lowest BCUT2D eigenvalue weighted by Crippen LogP contribution is -2.36. The van der Waals surface area contributed by atoms with E-state index in [2.05, 4.69) is 10.2 Å². The van der Waals surface area contributed by atoms with Gasteiger partial charge in [0, 0.05) is 13.1 Å². The molecule has 0 N–H and O–H groups in total. The molecule has 2 amide bonds. The molecule has 0 spiro atoms. The molecule has 2 aromatic rings. The zero-order valence-electron chi connectivity index (χ0n) is 14.1. The highest BCUT2D eigenvalue weighted by Crippen LogP contribution is 2.36. The molecule has 2 aliphatic heterocycles. The average Bonchev–Trinajstić information content (AvgIpc) is 3.18. The molecular weight excluding hydrogens is 361 g/mol. The molecule has 6 nitrogen and oxygen atoms in total. The lowest BCUT2D eigenvalue weighted by Gasteiger charge is -2.21. The van der Waals surface area contributed by atoms with Crippen LogP contribution < -0.4 is 4.90 Å². The number of halogens is 3. The first-order valence-corrected chi connectivity index (χ1v) is 8.39. The molecule has 27 heavy (non-hydrogen) atoms. The third-order valence-electron chi connectivity index (χ3n) is 4.93. The molecule has 0 saturated carbocycles. The maximum Gasteiger partial charge on any atom is 0.435 e. The third-order valence-corrected chi connectivity index (χ3v) is 4.93. The van der Waals surface area contributed by atoms with Gasteiger partial charge in [0.1, 0.15) is 0 Å². The van der Waals surface area contributed by atoms with Crippen molar-refractivity contribution in [3.63, 3.8) is 0 Å². The second-order valence-electron chi connectivity index (χ2n) is 6.64. The number of carbonyl (C=O) groups excluding carboxylic acids is 2. The molecular formula is C18H15F3N4O2. The van der Waals surface area contributed by atoms with Crippen LogP contribution in [0.3, 0.4) is 0 Å². The first-order chi connectivity index (χ1) is 12.8. The zero-order chi connectivity index (χ0) is 19.2. The first-order valence-electron chi connectivity index (χ1n) is 8.39. The van der Waals surface area contributed by atoms with Crippen LogP contribution >= 0.6 is 0 Å². The van der Waals surface area contributed by atoms with Gasteiger partial charge in [0.15, 0.2) is 11.5 Å². The number of aromatic nitrogens is 2. The minimum Gasteiger partial charge on any atom is -0.353 e. The molecule has 1 aromatic carbocycles. The normalized spacial score (nSPS) is 22.5. The number of carbonyl (C=O) groups is 2. The molecule has 2 unspecified atom stereocenters. The average molecular weight is 376 g/mol. The summed E-state index contributed by atoms with van der Waals surface area (Å²) in [6.07, 6.45) is -4.56. The van der Waals surface area contributed by atoms with Crippen molar-refractivity contribution in [1.29, 1.82) is 0 Å². The van der Waals surface area contributed by atoms with Crippen molar-refractivity contribution in [1.82, 2.24) is 15.1 Å². The van der Waals surface area contributed by atoms with Crippen LogP contribution in [0, 0.1) is 11.8 Å². The van der Waals surface area contributed by atoms with E-state index in [1.165, 1.54) is 11.0 Å². The third kappa shape index (κ3) is 3.13. The largest absolute Gasteiger partial charge is 0.435 e. The summed E-state index contributed by atoms with van der Waals surface area (Å²) < 4.78 is 37.8. The van der Waals surface area contributed by atoms with Gasteiger partial charge in [-0.1, -0.05) is 30.3 Å². The highest BCUT2D eigenvalue weighted by Gasteiger charge is 2.52. The molecule has 1 aromatic heterocycles. The number of rotatable bonds is 3. The number of nitrogens with zero attached hydrogens (tertiary/aromatic N) is 4. The Balaban J connectivity index is 1.47. The van der Waals surface area contributed by atoms with E-state index >= 15 is 0 Å². The minimum atomic E-state index is -4.56. The maximum atomic E-state index is 12.7. The van der Waals surface area contributed by atoms with E-state index in [1.54, 1.807) is 4.90 Å². The number of amides is 2. The highest BCUT2D eigenvalue weighted by atomic mass is 19.4. The Labute approximate surface area is 152 Å². The highest BCUT2D eigenvalue weighted by molar-refractivity contribution is 6.06. The number of hydrogen-bond acceptors (Lipinski definition) is 5. The van der Waals surface area contributed by atoms with Gasteiger partial charge in [0.25, 0.3) is 0 Å². The van der Waals surface area contributed by atoms with E-state index in [0.29, 0.717) is 0 Å². The first kappa shape index (κ1) is 17.4. The summed E-state index contributed by atoms with van der Waals surface area (Å²) in [5.74, 6) is -1.30. The number of hydrogen-bond donors (Lipinski definition) is 0. The van der Waals surface area contributed by atoms with Crippen molar-refractivity contribution in [2.24, 2.45) is 11.8 Å². The van der Waals surface area contributed by atoms with Gasteiger partial charge in [-0.2, -0.15) is 13.2 Å². The Bertz CT molecular complexity index is 846. The Morgan fingerprint density at radius 3 is 2.07 bits per heavy atom. The monoisotopic (exact) mass is 376 g/mol. The van der Waals surface area contributed by atoms with E-state index in [-0.39, 0.29) is 37.3 Å². The summed E-state index contributed by atoms with van der Waals surface area (Å²) in [7, 11) is 0. The summed E-state index contributed by atoms with van der Waals surface area (Å²) in [6.45, 7) is 0.701. The Morgan fingerprint density at radius 2 is 1.56 bits per heavy atom. The van der Waals surface area contributed by atoms with Crippen molar-refractivity contribution < 1.29 is 22.8 Å². The molecule has 2 atom stereocenters. The summed E-state index contributed by atoms with van der Waals surface area (Å²) in [6, 6.07) is 11.3. The Morgan fingerprint density at radius 1 is 0.926 bits per heavy atom. The van der Waals surface area contributed by atoms with Gasteiger partial charge in [0.2, 0.25) is 11.8 Å². The molecule has 0 bridgehead atoms. The number of alkyl halides is 3. The van der Waals surface area contributed by atoms with Crippen LogP contribution in [0.2, 0.25) is 0 Å². The quantitative estimate of drug-likeness (QED) is 0.768. The van der Waals surface area contributed by atoms with Crippen LogP contribution in [-0.2, 0) is 22.3 Å². The number of anilines is 1. The summed E-state index contributed by atoms with van der Waals surface area (Å²) in [5.41, 5.74) is -0.212. The van der Waals surface area contributed by atoms with Crippen LogP contribution in [0.15, 0.2) is 42.5 Å². The minimum absolute atomic E-state index is 0.228. The molecule has 3 heterocycles. The summed E-state index contributed by atoms with van der Waals surface area (Å²) in [4.78, 5) is 28.2. The van der Waals surface area contributed by atoms with Crippen LogP contribution in [-0.4, -0.2) is 40.0 Å². The van der Waals surface area contributed by atoms with Gasteiger partial charge in [-0.05, 0) is 17.7 Å². The number of likely N-dealkylation sites (tertiary alicyclic amines) is 1. The van der Waals surface area contributed by atoms with Crippen molar-refractivity contribution in [2.45, 2.75) is 12.7 Å². The van der Waals surface area contributed by atoms with Crippen LogP contribution in [0.25, 0.3) is 0 Å². The van der Waals surface area contributed by atoms with Gasteiger partial charge in [-0.15, -0.1) is 10.2 Å². The molecule has 2 aliphatic rings. The van der Waals surface area contributed by atoms with Crippen LogP contribution in [0.4, 0.5) is 19.0 Å². The second kappa shape index (κ2) is 6.33. The van der Waals surface area contributed by atoms with Crippen molar-refractivity contribution in [2.75, 3.05) is 18.0 Å². The maximum absolute atomic E-state index is 12.7. The van der Waals surface area contributed by atoms with Crippen LogP contribution in [0.1, 0.15) is 11.3 Å².